The van der Waals surface area contributed by atoms with Gasteiger partial charge in [0.1, 0.15) is 5.02 Å². The summed E-state index contributed by atoms with van der Waals surface area (Å²) in [6.07, 6.45) is 5.55. The topological polar surface area (TPSA) is 79.6 Å². The minimum absolute atomic E-state index is 0.0465. The Labute approximate surface area is 204 Å². The van der Waals surface area contributed by atoms with E-state index in [0.717, 1.165) is 69.0 Å². The molecule has 0 spiro atoms. The van der Waals surface area contributed by atoms with Gasteiger partial charge in [-0.3, -0.25) is 4.79 Å². The maximum atomic E-state index is 12.9. The van der Waals surface area contributed by atoms with E-state index in [4.69, 9.17) is 16.3 Å². The zero-order valence-electron chi connectivity index (χ0n) is 19.3. The summed E-state index contributed by atoms with van der Waals surface area (Å²) < 4.78 is 9.38. The van der Waals surface area contributed by atoms with Crippen LogP contribution in [0.2, 0.25) is 5.02 Å². The van der Waals surface area contributed by atoms with E-state index in [9.17, 15) is 9.90 Å². The Bertz CT molecular complexity index is 979. The van der Waals surface area contributed by atoms with Gasteiger partial charge in [0.25, 0.3) is 5.56 Å². The molecule has 1 unspecified atom stereocenters. The van der Waals surface area contributed by atoms with Crippen LogP contribution >= 0.6 is 23.5 Å². The molecule has 2 aliphatic heterocycles. The van der Waals surface area contributed by atoms with Gasteiger partial charge < -0.3 is 15.2 Å². The van der Waals surface area contributed by atoms with Crippen molar-refractivity contribution in [2.24, 2.45) is 5.92 Å². The molecule has 180 valence electrons. The Morgan fingerprint density at radius 1 is 1.24 bits per heavy atom. The monoisotopic (exact) mass is 492 g/mol. The van der Waals surface area contributed by atoms with Crippen molar-refractivity contribution in [3.05, 3.63) is 51.4 Å². The van der Waals surface area contributed by atoms with Crippen LogP contribution in [0, 0.1) is 5.92 Å². The Morgan fingerprint density at radius 3 is 2.61 bits per heavy atom. The van der Waals surface area contributed by atoms with Crippen molar-refractivity contribution in [1.29, 1.82) is 0 Å². The lowest BCUT2D eigenvalue weighted by atomic mass is 9.99. The number of nitrogens with zero attached hydrogens (tertiary/aromatic N) is 3. The van der Waals surface area contributed by atoms with Crippen molar-refractivity contribution >= 4 is 29.2 Å². The van der Waals surface area contributed by atoms with E-state index in [1.54, 1.807) is 36.7 Å². The molecule has 33 heavy (non-hydrogen) atoms. The molecule has 2 saturated heterocycles. The molecule has 0 aliphatic carbocycles. The predicted molar refractivity (Wildman–Crippen MR) is 133 cm³/mol. The summed E-state index contributed by atoms with van der Waals surface area (Å²) in [5.41, 5.74) is 0.442. The van der Waals surface area contributed by atoms with Crippen molar-refractivity contribution in [2.45, 2.75) is 56.1 Å². The number of halogens is 1. The van der Waals surface area contributed by atoms with Gasteiger partial charge >= 0.3 is 0 Å². The molecule has 4 rings (SSSR count). The average molecular weight is 493 g/mol. The van der Waals surface area contributed by atoms with Gasteiger partial charge in [0, 0.05) is 31.1 Å². The third-order valence-corrected chi connectivity index (χ3v) is 7.82. The van der Waals surface area contributed by atoms with E-state index in [1.807, 2.05) is 24.3 Å². The van der Waals surface area contributed by atoms with E-state index in [-0.39, 0.29) is 16.6 Å². The van der Waals surface area contributed by atoms with E-state index in [0.29, 0.717) is 11.6 Å². The van der Waals surface area contributed by atoms with E-state index in [1.165, 1.54) is 0 Å². The summed E-state index contributed by atoms with van der Waals surface area (Å²) in [4.78, 5) is 14.0. The number of rotatable bonds is 7. The molecule has 7 nitrogen and oxygen atoms in total. The smallest absolute Gasteiger partial charge is 0.287 e. The molecule has 0 radical (unpaired) electrons. The van der Waals surface area contributed by atoms with Crippen LogP contribution in [0.3, 0.4) is 0 Å². The first-order chi connectivity index (χ1) is 15.8. The lowest BCUT2D eigenvalue weighted by Crippen LogP contribution is -2.36. The maximum absolute atomic E-state index is 12.9. The molecule has 0 saturated carbocycles. The Kier molecular flexibility index (Phi) is 8.02. The van der Waals surface area contributed by atoms with Crippen LogP contribution in [-0.2, 0) is 10.3 Å². The number of nitrogens with one attached hydrogen (secondary N) is 1. The normalized spacial score (nSPS) is 20.7. The SMILES string of the molecule is CC(C)(O)c1ccc(SN2CCC(n3ncc(NCC4CCCOC4)c(Cl)c3=O)CC2)cc1. The van der Waals surface area contributed by atoms with Gasteiger partial charge in [-0.15, -0.1) is 0 Å². The lowest BCUT2D eigenvalue weighted by molar-refractivity contribution is 0.0595. The van der Waals surface area contributed by atoms with Gasteiger partial charge in [-0.25, -0.2) is 8.99 Å². The number of benzene rings is 1. The van der Waals surface area contributed by atoms with Crippen LogP contribution in [-0.4, -0.2) is 52.0 Å². The minimum atomic E-state index is -0.835. The minimum Gasteiger partial charge on any atom is -0.386 e. The van der Waals surface area contributed by atoms with Crippen LogP contribution in [0.25, 0.3) is 0 Å². The summed E-state index contributed by atoms with van der Waals surface area (Å²) in [6.45, 7) is 7.60. The van der Waals surface area contributed by atoms with Crippen LogP contribution < -0.4 is 10.9 Å². The third-order valence-electron chi connectivity index (χ3n) is 6.34. The standard InChI is InChI=1S/C24H33ClN4O3S/c1-24(2,31)18-5-7-20(8-6-18)33-28-11-9-19(10-12-28)29-23(30)22(25)21(15-27-29)26-14-17-4-3-13-32-16-17/h5-8,15,17,19,26,31H,3-4,9-14,16H2,1-2H3. The van der Waals surface area contributed by atoms with Crippen molar-refractivity contribution in [1.82, 2.24) is 14.1 Å². The van der Waals surface area contributed by atoms with Crippen LogP contribution in [0.1, 0.15) is 51.1 Å². The summed E-state index contributed by atoms with van der Waals surface area (Å²) in [6, 6.07) is 8.07. The fourth-order valence-corrected chi connectivity index (χ4v) is 5.45. The highest BCUT2D eigenvalue weighted by molar-refractivity contribution is 7.97. The number of piperidine rings is 1. The number of aliphatic hydroxyl groups is 1. The summed E-state index contributed by atoms with van der Waals surface area (Å²) in [5, 5.41) is 18.1. The molecule has 1 aromatic carbocycles. The summed E-state index contributed by atoms with van der Waals surface area (Å²) in [5.74, 6) is 0.436. The number of anilines is 1. The van der Waals surface area contributed by atoms with Gasteiger partial charge in [-0.2, -0.15) is 5.10 Å². The molecule has 0 amide bonds. The molecule has 2 N–H and O–H groups in total. The molecular formula is C24H33ClN4O3S. The second-order valence-electron chi connectivity index (χ2n) is 9.42. The van der Waals surface area contributed by atoms with Gasteiger partial charge in [0.05, 0.1) is 30.1 Å². The van der Waals surface area contributed by atoms with Crippen LogP contribution in [0.15, 0.2) is 40.2 Å². The first kappa shape index (κ1) is 24.5. The van der Waals surface area contributed by atoms with Gasteiger partial charge in [0.15, 0.2) is 0 Å². The Balaban J connectivity index is 1.31. The molecule has 2 aliphatic rings. The highest BCUT2D eigenvalue weighted by Crippen LogP contribution is 2.31. The number of aromatic nitrogens is 2. The van der Waals surface area contributed by atoms with Gasteiger partial charge in [0.2, 0.25) is 0 Å². The lowest BCUT2D eigenvalue weighted by Gasteiger charge is -2.31. The zero-order valence-corrected chi connectivity index (χ0v) is 20.9. The molecule has 0 bridgehead atoms. The second-order valence-corrected chi connectivity index (χ2v) is 11.0. The van der Waals surface area contributed by atoms with Gasteiger partial charge in [-0.1, -0.05) is 23.7 Å². The summed E-state index contributed by atoms with van der Waals surface area (Å²) in [7, 11) is 0. The quantitative estimate of drug-likeness (QED) is 0.557. The Hall–Kier alpha value is -1.58. The first-order valence-corrected chi connectivity index (χ1v) is 12.8. The largest absolute Gasteiger partial charge is 0.386 e. The van der Waals surface area contributed by atoms with Crippen molar-refractivity contribution in [3.63, 3.8) is 0 Å². The third kappa shape index (κ3) is 6.31. The van der Waals surface area contributed by atoms with E-state index in [2.05, 4.69) is 14.7 Å². The predicted octanol–water partition coefficient (Wildman–Crippen LogP) is 4.31. The Morgan fingerprint density at radius 2 is 1.97 bits per heavy atom. The maximum Gasteiger partial charge on any atom is 0.287 e. The summed E-state index contributed by atoms with van der Waals surface area (Å²) >= 11 is 8.13. The van der Waals surface area contributed by atoms with E-state index >= 15 is 0 Å². The molecule has 2 fully saturated rings. The molecule has 3 heterocycles. The van der Waals surface area contributed by atoms with Crippen LogP contribution in [0.5, 0.6) is 0 Å². The molecule has 1 aromatic heterocycles. The van der Waals surface area contributed by atoms with Crippen molar-refractivity contribution in [3.8, 4) is 0 Å². The average Bonchev–Trinajstić information content (AvgIpc) is 2.81. The number of hydrogen-bond acceptors (Lipinski definition) is 7. The second kappa shape index (κ2) is 10.8. The van der Waals surface area contributed by atoms with E-state index < -0.39 is 5.60 Å². The molecule has 9 heteroatoms. The number of hydrogen-bond donors (Lipinski definition) is 2. The van der Waals surface area contributed by atoms with Crippen LogP contribution in [0.4, 0.5) is 5.69 Å². The fourth-order valence-electron chi connectivity index (χ4n) is 4.30. The van der Waals surface area contributed by atoms with Crippen molar-refractivity contribution in [2.75, 3.05) is 38.2 Å². The van der Waals surface area contributed by atoms with Crippen molar-refractivity contribution < 1.29 is 9.84 Å². The highest BCUT2D eigenvalue weighted by Gasteiger charge is 2.25. The van der Waals surface area contributed by atoms with Gasteiger partial charge in [-0.05, 0) is 75.1 Å². The fraction of sp³-hybridized carbons (Fsp3) is 0.583. The molecular weight excluding hydrogens is 460 g/mol. The highest BCUT2D eigenvalue weighted by atomic mass is 35.5. The zero-order chi connectivity index (χ0) is 23.4. The first-order valence-electron chi connectivity index (χ1n) is 11.7. The molecule has 1 atom stereocenters. The molecule has 2 aromatic rings. The number of ether oxygens (including phenoxy) is 1.